The van der Waals surface area contributed by atoms with Gasteiger partial charge in [0.1, 0.15) is 5.00 Å². The molecule has 1 aromatic rings. The number of ether oxygens (including phenoxy) is 1. The maximum atomic E-state index is 12.1. The zero-order chi connectivity index (χ0) is 15.4. The second-order valence-corrected chi connectivity index (χ2v) is 6.83. The van der Waals surface area contributed by atoms with Gasteiger partial charge in [0.15, 0.2) is 5.11 Å². The Morgan fingerprint density at radius 3 is 2.81 bits per heavy atom. The summed E-state index contributed by atoms with van der Waals surface area (Å²) in [5, 5.41) is 7.78. The van der Waals surface area contributed by atoms with Crippen LogP contribution in [0.4, 0.5) is 5.00 Å². The lowest BCUT2D eigenvalue weighted by atomic mass is 9.95. The van der Waals surface area contributed by atoms with Crippen LogP contribution in [0.2, 0.25) is 0 Å². The molecule has 6 heteroatoms. The van der Waals surface area contributed by atoms with Gasteiger partial charge in [-0.05, 0) is 56.8 Å². The number of aryl methyl sites for hydroxylation is 1. The van der Waals surface area contributed by atoms with Gasteiger partial charge >= 0.3 is 5.97 Å². The van der Waals surface area contributed by atoms with E-state index in [0.29, 0.717) is 16.7 Å². The van der Waals surface area contributed by atoms with Crippen molar-refractivity contribution in [2.24, 2.45) is 0 Å². The molecule has 0 aliphatic heterocycles. The van der Waals surface area contributed by atoms with Gasteiger partial charge < -0.3 is 15.4 Å². The summed E-state index contributed by atoms with van der Waals surface area (Å²) in [5.41, 5.74) is 1.82. The summed E-state index contributed by atoms with van der Waals surface area (Å²) in [7, 11) is 1.43. The first-order valence-electron chi connectivity index (χ1n) is 7.37. The van der Waals surface area contributed by atoms with Crippen molar-refractivity contribution in [3.8, 4) is 0 Å². The summed E-state index contributed by atoms with van der Waals surface area (Å²) in [4.78, 5) is 13.4. The van der Waals surface area contributed by atoms with Crippen LogP contribution in [0.15, 0.2) is 0 Å². The zero-order valence-corrected chi connectivity index (χ0v) is 14.4. The van der Waals surface area contributed by atoms with Crippen LogP contribution in [-0.2, 0) is 17.6 Å². The van der Waals surface area contributed by atoms with Gasteiger partial charge in [-0.3, -0.25) is 0 Å². The van der Waals surface area contributed by atoms with Gasteiger partial charge in [0.05, 0.1) is 12.7 Å². The number of esters is 1. The average molecular weight is 326 g/mol. The smallest absolute Gasteiger partial charge is 0.341 e. The average Bonchev–Trinajstić information content (AvgIpc) is 2.83. The van der Waals surface area contributed by atoms with Crippen LogP contribution >= 0.6 is 23.6 Å². The minimum Gasteiger partial charge on any atom is -0.465 e. The number of rotatable bonds is 4. The maximum Gasteiger partial charge on any atom is 0.341 e. The van der Waals surface area contributed by atoms with E-state index >= 15 is 0 Å². The molecular weight excluding hydrogens is 304 g/mol. The number of hydrogen-bond acceptors (Lipinski definition) is 4. The highest BCUT2D eigenvalue weighted by atomic mass is 32.1. The first-order chi connectivity index (χ1) is 10.1. The van der Waals surface area contributed by atoms with Gasteiger partial charge in [0.25, 0.3) is 0 Å². The molecule has 0 radical (unpaired) electrons. The third-order valence-electron chi connectivity index (χ3n) is 3.78. The van der Waals surface area contributed by atoms with E-state index in [4.69, 9.17) is 17.0 Å². The van der Waals surface area contributed by atoms with E-state index in [1.807, 2.05) is 0 Å². The fourth-order valence-electron chi connectivity index (χ4n) is 2.44. The van der Waals surface area contributed by atoms with Crippen molar-refractivity contribution in [2.45, 2.75) is 52.0 Å². The Balaban J connectivity index is 2.24. The molecular formula is C15H22N2O2S2. The predicted octanol–water partition coefficient (Wildman–Crippen LogP) is 3.50. The Bertz CT molecular complexity index is 540. The Morgan fingerprint density at radius 2 is 2.14 bits per heavy atom. The molecule has 1 aromatic heterocycles. The summed E-state index contributed by atoms with van der Waals surface area (Å²) in [6.45, 7) is 4.18. The number of methoxy groups -OCH3 is 1. The summed E-state index contributed by atoms with van der Waals surface area (Å²) >= 11 is 6.96. The summed E-state index contributed by atoms with van der Waals surface area (Å²) in [6.07, 6.45) is 5.29. The molecule has 0 saturated carbocycles. The Labute approximate surface area is 135 Å². The van der Waals surface area contributed by atoms with Gasteiger partial charge in [-0.25, -0.2) is 4.79 Å². The van der Waals surface area contributed by atoms with Gasteiger partial charge in [0, 0.05) is 10.9 Å². The minimum atomic E-state index is -0.275. The van der Waals surface area contributed by atoms with E-state index in [1.165, 1.54) is 18.4 Å². The molecule has 2 N–H and O–H groups in total. The monoisotopic (exact) mass is 326 g/mol. The van der Waals surface area contributed by atoms with Crippen molar-refractivity contribution in [3.63, 3.8) is 0 Å². The van der Waals surface area contributed by atoms with Crippen LogP contribution < -0.4 is 10.6 Å². The first-order valence-corrected chi connectivity index (χ1v) is 8.59. The number of hydrogen-bond donors (Lipinski definition) is 2. The van der Waals surface area contributed by atoms with E-state index < -0.39 is 0 Å². The van der Waals surface area contributed by atoms with Gasteiger partial charge in [0.2, 0.25) is 0 Å². The summed E-state index contributed by atoms with van der Waals surface area (Å²) < 4.78 is 4.95. The lowest BCUT2D eigenvalue weighted by Gasteiger charge is -2.15. The quantitative estimate of drug-likeness (QED) is 0.655. The largest absolute Gasteiger partial charge is 0.465 e. The molecule has 0 fully saturated rings. The molecule has 1 aliphatic carbocycles. The maximum absolute atomic E-state index is 12.1. The molecule has 1 unspecified atom stereocenters. The lowest BCUT2D eigenvalue weighted by Crippen LogP contribution is -2.35. The third-order valence-corrected chi connectivity index (χ3v) is 5.20. The van der Waals surface area contributed by atoms with E-state index in [1.54, 1.807) is 11.3 Å². The molecule has 0 saturated heterocycles. The van der Waals surface area contributed by atoms with E-state index in [0.717, 1.165) is 36.2 Å². The summed E-state index contributed by atoms with van der Waals surface area (Å²) in [5.74, 6) is -0.275. The van der Waals surface area contributed by atoms with Crippen molar-refractivity contribution in [1.29, 1.82) is 0 Å². The molecule has 4 nitrogen and oxygen atoms in total. The number of thiophene rings is 1. The van der Waals surface area contributed by atoms with Gasteiger partial charge in [-0.1, -0.05) is 6.92 Å². The SMILES string of the molecule is CCC(C)NC(=S)Nc1sc2c(c1C(=O)OC)CCCC2. The van der Waals surface area contributed by atoms with Crippen molar-refractivity contribution in [3.05, 3.63) is 16.0 Å². The summed E-state index contributed by atoms with van der Waals surface area (Å²) in [6, 6.07) is 0.307. The molecule has 1 heterocycles. The van der Waals surface area contributed by atoms with Crippen LogP contribution in [-0.4, -0.2) is 24.2 Å². The number of carbonyl (C=O) groups is 1. The predicted molar refractivity (Wildman–Crippen MR) is 91.4 cm³/mol. The van der Waals surface area contributed by atoms with Crippen LogP contribution in [0.5, 0.6) is 0 Å². The van der Waals surface area contributed by atoms with Crippen molar-refractivity contribution >= 4 is 39.6 Å². The fourth-order valence-corrected chi connectivity index (χ4v) is 4.09. The Hall–Kier alpha value is -1.14. The van der Waals surface area contributed by atoms with E-state index in [2.05, 4.69) is 24.5 Å². The number of carbonyl (C=O) groups excluding carboxylic acids is 1. The van der Waals surface area contributed by atoms with E-state index in [9.17, 15) is 4.79 Å². The third kappa shape index (κ3) is 3.74. The molecule has 0 aromatic carbocycles. The van der Waals surface area contributed by atoms with Gasteiger partial charge in [-0.15, -0.1) is 11.3 Å². The van der Waals surface area contributed by atoms with Crippen LogP contribution in [0.25, 0.3) is 0 Å². The molecule has 2 rings (SSSR count). The fraction of sp³-hybridized carbons (Fsp3) is 0.600. The second kappa shape index (κ2) is 7.22. The second-order valence-electron chi connectivity index (χ2n) is 5.31. The van der Waals surface area contributed by atoms with Crippen LogP contribution in [0, 0.1) is 0 Å². The molecule has 116 valence electrons. The zero-order valence-electron chi connectivity index (χ0n) is 12.7. The molecule has 0 spiro atoms. The first kappa shape index (κ1) is 16.2. The highest BCUT2D eigenvalue weighted by Crippen LogP contribution is 2.38. The lowest BCUT2D eigenvalue weighted by molar-refractivity contribution is 0.0601. The standard InChI is InChI=1S/C15H22N2O2S2/c1-4-9(2)16-15(20)17-13-12(14(18)19-3)10-7-5-6-8-11(10)21-13/h9H,4-8H2,1-3H3,(H2,16,17,20). The Kier molecular flexibility index (Phi) is 5.58. The molecule has 1 atom stereocenters. The van der Waals surface area contributed by atoms with Crippen LogP contribution in [0.3, 0.4) is 0 Å². The normalized spacial score (nSPS) is 15.0. The van der Waals surface area contributed by atoms with E-state index in [-0.39, 0.29) is 5.97 Å². The van der Waals surface area contributed by atoms with Crippen LogP contribution in [0.1, 0.15) is 53.9 Å². The Morgan fingerprint density at radius 1 is 1.43 bits per heavy atom. The number of fused-ring (bicyclic) bond motifs is 1. The number of anilines is 1. The number of nitrogens with one attached hydrogen (secondary N) is 2. The van der Waals surface area contributed by atoms with Crippen molar-refractivity contribution < 1.29 is 9.53 Å². The minimum absolute atomic E-state index is 0.275. The molecule has 0 bridgehead atoms. The molecule has 1 aliphatic rings. The topological polar surface area (TPSA) is 50.4 Å². The number of thiocarbonyl (C=S) groups is 1. The van der Waals surface area contributed by atoms with Crippen molar-refractivity contribution in [1.82, 2.24) is 5.32 Å². The highest BCUT2D eigenvalue weighted by molar-refractivity contribution is 7.80. The highest BCUT2D eigenvalue weighted by Gasteiger charge is 2.26. The molecule has 21 heavy (non-hydrogen) atoms. The molecule has 0 amide bonds. The van der Waals surface area contributed by atoms with Crippen molar-refractivity contribution in [2.75, 3.05) is 12.4 Å². The van der Waals surface area contributed by atoms with Gasteiger partial charge in [-0.2, -0.15) is 0 Å².